The average molecular weight is 352 g/mol. The highest BCUT2D eigenvalue weighted by Gasteiger charge is 2.10. The highest BCUT2D eigenvalue weighted by Crippen LogP contribution is 2.32. The van der Waals surface area contributed by atoms with E-state index in [1.54, 1.807) is 0 Å². The molecule has 0 unspecified atom stereocenters. The third kappa shape index (κ3) is 4.55. The normalized spacial score (nSPS) is 14.6. The summed E-state index contributed by atoms with van der Waals surface area (Å²) in [5.41, 5.74) is 5.67. The Balaban J connectivity index is 1.79. The highest BCUT2D eigenvalue weighted by atomic mass is 32.2. The highest BCUT2D eigenvalue weighted by molar-refractivity contribution is 7.99. The average Bonchev–Trinajstić information content (AvgIpc) is 2.87. The van der Waals surface area contributed by atoms with E-state index in [2.05, 4.69) is 31.2 Å². The van der Waals surface area contributed by atoms with Gasteiger partial charge in [-0.15, -0.1) is 11.8 Å². The third-order valence-corrected chi connectivity index (χ3v) is 5.61. The van der Waals surface area contributed by atoms with Crippen LogP contribution in [0.5, 0.6) is 0 Å². The molecule has 3 rings (SSSR count). The van der Waals surface area contributed by atoms with E-state index in [1.807, 2.05) is 43.0 Å². The van der Waals surface area contributed by atoms with E-state index in [0.29, 0.717) is 12.2 Å². The van der Waals surface area contributed by atoms with Crippen LogP contribution in [-0.4, -0.2) is 18.3 Å². The molecule has 1 aliphatic rings. The second-order valence-corrected chi connectivity index (χ2v) is 7.43. The predicted molar refractivity (Wildman–Crippen MR) is 106 cm³/mol. The minimum Gasteiger partial charge on any atom is -0.462 e. The van der Waals surface area contributed by atoms with E-state index >= 15 is 0 Å². The van der Waals surface area contributed by atoms with Crippen molar-refractivity contribution in [1.29, 1.82) is 0 Å². The summed E-state index contributed by atoms with van der Waals surface area (Å²) in [7, 11) is 0. The molecule has 2 aromatic carbocycles. The van der Waals surface area contributed by atoms with Crippen LogP contribution in [0.4, 0.5) is 0 Å². The number of esters is 1. The molecule has 0 fully saturated rings. The number of ether oxygens (including phenoxy) is 1. The van der Waals surface area contributed by atoms with Gasteiger partial charge in [0.1, 0.15) is 0 Å². The van der Waals surface area contributed by atoms with Gasteiger partial charge in [0.15, 0.2) is 0 Å². The lowest BCUT2D eigenvalue weighted by Crippen LogP contribution is -2.03. The van der Waals surface area contributed by atoms with Crippen molar-refractivity contribution in [2.45, 2.75) is 38.0 Å². The number of allylic oxidation sites excluding steroid dienone is 1. The maximum absolute atomic E-state index is 11.7. The van der Waals surface area contributed by atoms with Crippen LogP contribution in [0.15, 0.2) is 47.4 Å². The quantitative estimate of drug-likeness (QED) is 0.510. The standard InChI is InChI=1S/C22H24O2S/c1-3-24-22(23)19-9-7-17(8-10-19)14-16(2)20-12-11-18-6-4-5-13-25-21(18)15-20/h7-12,14-15H,3-6,13H2,1-2H3/b16-14+. The number of hydrogen-bond acceptors (Lipinski definition) is 3. The second-order valence-electron chi connectivity index (χ2n) is 6.30. The maximum Gasteiger partial charge on any atom is 0.338 e. The van der Waals surface area contributed by atoms with Crippen LogP contribution < -0.4 is 0 Å². The summed E-state index contributed by atoms with van der Waals surface area (Å²) < 4.78 is 5.02. The molecular weight excluding hydrogens is 328 g/mol. The fourth-order valence-corrected chi connectivity index (χ4v) is 4.14. The number of carbonyl (C=O) groups is 1. The van der Waals surface area contributed by atoms with E-state index in [-0.39, 0.29) is 5.97 Å². The fraction of sp³-hybridized carbons (Fsp3) is 0.318. The Morgan fingerprint density at radius 2 is 1.88 bits per heavy atom. The van der Waals surface area contributed by atoms with E-state index in [4.69, 9.17) is 4.74 Å². The number of rotatable bonds is 4. The molecule has 0 aromatic heterocycles. The Hall–Kier alpha value is -2.00. The molecule has 0 bridgehead atoms. The monoisotopic (exact) mass is 352 g/mol. The SMILES string of the molecule is CCOC(=O)c1ccc(/C=C(\C)c2ccc3c(c2)SCCCC3)cc1. The molecule has 2 aromatic rings. The Morgan fingerprint density at radius 1 is 1.12 bits per heavy atom. The second kappa shape index (κ2) is 8.39. The van der Waals surface area contributed by atoms with Gasteiger partial charge >= 0.3 is 5.97 Å². The zero-order valence-electron chi connectivity index (χ0n) is 14.9. The first-order chi connectivity index (χ1) is 12.2. The summed E-state index contributed by atoms with van der Waals surface area (Å²) in [6.45, 7) is 4.36. The van der Waals surface area contributed by atoms with Crippen LogP contribution in [0.2, 0.25) is 0 Å². The maximum atomic E-state index is 11.7. The van der Waals surface area contributed by atoms with Gasteiger partial charge in [-0.3, -0.25) is 0 Å². The van der Waals surface area contributed by atoms with Crippen LogP contribution in [0.1, 0.15) is 53.7 Å². The zero-order valence-corrected chi connectivity index (χ0v) is 15.7. The van der Waals surface area contributed by atoms with Gasteiger partial charge in [-0.1, -0.05) is 30.3 Å². The molecule has 0 spiro atoms. The van der Waals surface area contributed by atoms with Crippen LogP contribution in [-0.2, 0) is 11.2 Å². The van der Waals surface area contributed by atoms with Crippen molar-refractivity contribution in [3.63, 3.8) is 0 Å². The number of hydrogen-bond donors (Lipinski definition) is 0. The Kier molecular flexibility index (Phi) is 5.98. The van der Waals surface area contributed by atoms with Crippen LogP contribution in [0.25, 0.3) is 11.6 Å². The van der Waals surface area contributed by atoms with Gasteiger partial charge in [0.2, 0.25) is 0 Å². The van der Waals surface area contributed by atoms with Gasteiger partial charge in [0, 0.05) is 4.90 Å². The Morgan fingerprint density at radius 3 is 2.64 bits per heavy atom. The smallest absolute Gasteiger partial charge is 0.338 e. The molecule has 25 heavy (non-hydrogen) atoms. The minimum atomic E-state index is -0.266. The van der Waals surface area contributed by atoms with E-state index in [0.717, 1.165) is 5.56 Å². The topological polar surface area (TPSA) is 26.3 Å². The van der Waals surface area contributed by atoms with Gasteiger partial charge in [-0.2, -0.15) is 0 Å². The van der Waals surface area contributed by atoms with Crippen LogP contribution in [0.3, 0.4) is 0 Å². The number of benzene rings is 2. The van der Waals surface area contributed by atoms with Gasteiger partial charge in [0.25, 0.3) is 0 Å². The van der Waals surface area contributed by atoms with E-state index in [1.165, 1.54) is 46.6 Å². The molecule has 1 aliphatic heterocycles. The van der Waals surface area contributed by atoms with Gasteiger partial charge in [-0.25, -0.2) is 4.79 Å². The predicted octanol–water partition coefficient (Wildman–Crippen LogP) is 5.85. The number of fused-ring (bicyclic) bond motifs is 1. The summed E-state index contributed by atoms with van der Waals surface area (Å²) in [4.78, 5) is 13.2. The molecule has 0 aliphatic carbocycles. The summed E-state index contributed by atoms with van der Waals surface area (Å²) in [5.74, 6) is 0.951. The first-order valence-corrected chi connectivity index (χ1v) is 9.87. The lowest BCUT2D eigenvalue weighted by Gasteiger charge is -2.09. The summed E-state index contributed by atoms with van der Waals surface area (Å²) >= 11 is 1.98. The van der Waals surface area contributed by atoms with Crippen molar-refractivity contribution < 1.29 is 9.53 Å². The van der Waals surface area contributed by atoms with Crippen molar-refractivity contribution in [1.82, 2.24) is 0 Å². The molecule has 0 saturated heterocycles. The number of thioether (sulfide) groups is 1. The van der Waals surface area contributed by atoms with Crippen molar-refractivity contribution >= 4 is 29.4 Å². The van der Waals surface area contributed by atoms with Crippen molar-refractivity contribution in [2.24, 2.45) is 0 Å². The van der Waals surface area contributed by atoms with Gasteiger partial charge < -0.3 is 4.74 Å². The number of aryl methyl sites for hydroxylation is 1. The van der Waals surface area contributed by atoms with Gasteiger partial charge in [-0.05, 0) is 79.3 Å². The third-order valence-electron chi connectivity index (χ3n) is 4.43. The molecule has 0 N–H and O–H groups in total. The summed E-state index contributed by atoms with van der Waals surface area (Å²) in [6.07, 6.45) is 5.95. The molecular formula is C22H24O2S. The summed E-state index contributed by atoms with van der Waals surface area (Å²) in [5, 5.41) is 0. The molecule has 3 heteroatoms. The Bertz CT molecular complexity index is 775. The lowest BCUT2D eigenvalue weighted by molar-refractivity contribution is 0.0526. The Labute approximate surface area is 154 Å². The zero-order chi connectivity index (χ0) is 17.6. The summed E-state index contributed by atoms with van der Waals surface area (Å²) in [6, 6.07) is 14.4. The van der Waals surface area contributed by atoms with Crippen LogP contribution in [0, 0.1) is 0 Å². The van der Waals surface area contributed by atoms with Crippen molar-refractivity contribution in [3.8, 4) is 0 Å². The van der Waals surface area contributed by atoms with Crippen molar-refractivity contribution in [2.75, 3.05) is 12.4 Å². The van der Waals surface area contributed by atoms with Crippen molar-refractivity contribution in [3.05, 3.63) is 64.7 Å². The lowest BCUT2D eigenvalue weighted by atomic mass is 10.0. The molecule has 1 heterocycles. The van der Waals surface area contributed by atoms with Gasteiger partial charge in [0.05, 0.1) is 12.2 Å². The molecule has 0 atom stereocenters. The first-order valence-electron chi connectivity index (χ1n) is 8.89. The fourth-order valence-electron chi connectivity index (χ4n) is 3.00. The largest absolute Gasteiger partial charge is 0.462 e. The molecule has 0 amide bonds. The molecule has 0 radical (unpaired) electrons. The first kappa shape index (κ1) is 17.8. The molecule has 2 nitrogen and oxygen atoms in total. The number of carbonyl (C=O) groups excluding carboxylic acids is 1. The van der Waals surface area contributed by atoms with Crippen LogP contribution >= 0.6 is 11.8 Å². The van der Waals surface area contributed by atoms with E-state index < -0.39 is 0 Å². The molecule has 0 saturated carbocycles. The molecule has 130 valence electrons. The minimum absolute atomic E-state index is 0.266. The van der Waals surface area contributed by atoms with E-state index in [9.17, 15) is 4.79 Å².